The number of hydrogen-bond donors (Lipinski definition) is 1. The van der Waals surface area contributed by atoms with Crippen LogP contribution in [0.25, 0.3) is 11.4 Å². The maximum absolute atomic E-state index is 14.7. The average Bonchev–Trinajstić information content (AvgIpc) is 3.39. The number of hydrogen-bond acceptors (Lipinski definition) is 5. The van der Waals surface area contributed by atoms with Gasteiger partial charge in [0.15, 0.2) is 5.82 Å². The summed E-state index contributed by atoms with van der Waals surface area (Å²) in [5.74, 6) is -3.29. The van der Waals surface area contributed by atoms with E-state index in [1.165, 1.54) is 4.90 Å². The molecule has 2 heterocycles. The summed E-state index contributed by atoms with van der Waals surface area (Å²) in [6, 6.07) is 2.20. The van der Waals surface area contributed by atoms with Gasteiger partial charge in [0.1, 0.15) is 17.3 Å². The molecule has 1 atom stereocenters. The van der Waals surface area contributed by atoms with Crippen LogP contribution in [0.4, 0.5) is 18.9 Å². The predicted octanol–water partition coefficient (Wildman–Crippen LogP) is 3.65. The quantitative estimate of drug-likeness (QED) is 0.755. The minimum absolute atomic E-state index is 0.0354. The van der Waals surface area contributed by atoms with Crippen molar-refractivity contribution in [3.05, 3.63) is 35.8 Å². The van der Waals surface area contributed by atoms with Crippen LogP contribution >= 0.6 is 0 Å². The molecule has 1 N–H and O–H groups in total. The Hall–Kier alpha value is -2.84. The lowest BCUT2D eigenvalue weighted by Gasteiger charge is -2.20. The Morgan fingerprint density at radius 2 is 1.86 bits per heavy atom. The summed E-state index contributed by atoms with van der Waals surface area (Å²) in [6.07, 6.45) is 3.49. The van der Waals surface area contributed by atoms with Gasteiger partial charge in [0, 0.05) is 25.1 Å². The van der Waals surface area contributed by atoms with Crippen LogP contribution in [0, 0.1) is 29.3 Å². The molecule has 29 heavy (non-hydrogen) atoms. The summed E-state index contributed by atoms with van der Waals surface area (Å²) >= 11 is 0. The fraction of sp³-hybridized carbons (Fsp3) is 0.450. The number of rotatable bonds is 7. The molecular formula is C20H20F3N3O3. The number of aliphatic carboxylic acids is 1. The van der Waals surface area contributed by atoms with Crippen molar-refractivity contribution < 1.29 is 27.8 Å². The molecule has 1 saturated heterocycles. The lowest BCUT2D eigenvalue weighted by atomic mass is 10.1. The SMILES string of the molecule is O=C(O)CC1CCN(c2c(F)cc(-c3ncc(F)c(OCC4CC4)n3)cc2F)C1. The zero-order valence-electron chi connectivity index (χ0n) is 15.6. The largest absolute Gasteiger partial charge is 0.481 e. The van der Waals surface area contributed by atoms with E-state index in [0.29, 0.717) is 25.5 Å². The number of carboxylic acid groups (broad SMARTS) is 1. The van der Waals surface area contributed by atoms with Gasteiger partial charge >= 0.3 is 5.97 Å². The molecule has 6 nitrogen and oxygen atoms in total. The van der Waals surface area contributed by atoms with Crippen molar-refractivity contribution in [1.29, 1.82) is 0 Å². The Labute approximate surface area is 165 Å². The van der Waals surface area contributed by atoms with Crippen LogP contribution in [0.5, 0.6) is 5.88 Å². The van der Waals surface area contributed by atoms with E-state index >= 15 is 0 Å². The normalized spacial score (nSPS) is 18.9. The van der Waals surface area contributed by atoms with Crippen LogP contribution in [-0.2, 0) is 4.79 Å². The standard InChI is InChI=1S/C20H20F3N3O3/c21-14-6-13(19-24-8-16(23)20(25-19)29-10-11-1-2-11)7-15(22)18(14)26-4-3-12(9-26)5-17(27)28/h6-8,11-12H,1-5,9-10H2,(H,27,28). The van der Waals surface area contributed by atoms with E-state index in [0.717, 1.165) is 31.2 Å². The van der Waals surface area contributed by atoms with Gasteiger partial charge in [-0.25, -0.2) is 13.8 Å². The zero-order valence-corrected chi connectivity index (χ0v) is 15.6. The Kier molecular flexibility index (Phi) is 5.29. The van der Waals surface area contributed by atoms with Crippen LogP contribution in [0.15, 0.2) is 18.3 Å². The monoisotopic (exact) mass is 407 g/mol. The van der Waals surface area contributed by atoms with Crippen molar-refractivity contribution in [1.82, 2.24) is 9.97 Å². The van der Waals surface area contributed by atoms with Gasteiger partial charge < -0.3 is 14.7 Å². The van der Waals surface area contributed by atoms with Crippen LogP contribution in [-0.4, -0.2) is 40.7 Å². The maximum atomic E-state index is 14.7. The van der Waals surface area contributed by atoms with Crippen LogP contribution in [0.1, 0.15) is 25.7 Å². The van der Waals surface area contributed by atoms with Crippen LogP contribution < -0.4 is 9.64 Å². The van der Waals surface area contributed by atoms with Gasteiger partial charge in [-0.15, -0.1) is 0 Å². The molecule has 2 aromatic rings. The highest BCUT2D eigenvalue weighted by Gasteiger charge is 2.29. The van der Waals surface area contributed by atoms with Crippen molar-refractivity contribution in [2.24, 2.45) is 11.8 Å². The number of halogens is 3. The topological polar surface area (TPSA) is 75.5 Å². The molecule has 9 heteroatoms. The van der Waals surface area contributed by atoms with Gasteiger partial charge in [0.05, 0.1) is 12.8 Å². The van der Waals surface area contributed by atoms with Gasteiger partial charge in [-0.2, -0.15) is 9.37 Å². The molecular weight excluding hydrogens is 387 g/mol. The summed E-state index contributed by atoms with van der Waals surface area (Å²) in [4.78, 5) is 20.2. The van der Waals surface area contributed by atoms with E-state index in [2.05, 4.69) is 9.97 Å². The average molecular weight is 407 g/mol. The molecule has 0 bridgehead atoms. The Balaban J connectivity index is 1.55. The molecule has 1 aliphatic carbocycles. The fourth-order valence-electron chi connectivity index (χ4n) is 3.52. The van der Waals surface area contributed by atoms with Gasteiger partial charge in [0.2, 0.25) is 5.82 Å². The number of carbonyl (C=O) groups is 1. The second-order valence-electron chi connectivity index (χ2n) is 7.59. The van der Waals surface area contributed by atoms with E-state index in [9.17, 15) is 18.0 Å². The predicted molar refractivity (Wildman–Crippen MR) is 98.1 cm³/mol. The smallest absolute Gasteiger partial charge is 0.303 e. The highest BCUT2D eigenvalue weighted by molar-refractivity contribution is 5.67. The van der Waals surface area contributed by atoms with E-state index < -0.39 is 23.4 Å². The lowest BCUT2D eigenvalue weighted by Crippen LogP contribution is -2.23. The van der Waals surface area contributed by atoms with E-state index in [1.54, 1.807) is 0 Å². The number of anilines is 1. The fourth-order valence-corrected chi connectivity index (χ4v) is 3.52. The first kappa shape index (κ1) is 19.5. The Morgan fingerprint density at radius 1 is 1.14 bits per heavy atom. The number of aromatic nitrogens is 2. The van der Waals surface area contributed by atoms with Crippen molar-refractivity contribution in [2.75, 3.05) is 24.6 Å². The van der Waals surface area contributed by atoms with Crippen molar-refractivity contribution in [2.45, 2.75) is 25.7 Å². The number of benzene rings is 1. The Bertz CT molecular complexity index is 913. The molecule has 0 radical (unpaired) electrons. The highest BCUT2D eigenvalue weighted by atomic mass is 19.1. The second-order valence-corrected chi connectivity index (χ2v) is 7.59. The number of ether oxygens (including phenoxy) is 1. The third-order valence-corrected chi connectivity index (χ3v) is 5.21. The van der Waals surface area contributed by atoms with Gasteiger partial charge in [0.25, 0.3) is 5.88 Å². The summed E-state index contributed by atoms with van der Waals surface area (Å²) in [6.45, 7) is 0.991. The van der Waals surface area contributed by atoms with Crippen molar-refractivity contribution >= 4 is 11.7 Å². The Morgan fingerprint density at radius 3 is 2.52 bits per heavy atom. The van der Waals surface area contributed by atoms with Gasteiger partial charge in [-0.05, 0) is 43.2 Å². The van der Waals surface area contributed by atoms with E-state index in [4.69, 9.17) is 9.84 Å². The zero-order chi connectivity index (χ0) is 20.5. The van der Waals surface area contributed by atoms with Gasteiger partial charge in [-0.1, -0.05) is 0 Å². The van der Waals surface area contributed by atoms with Crippen LogP contribution in [0.3, 0.4) is 0 Å². The van der Waals surface area contributed by atoms with E-state index in [-0.39, 0.29) is 41.8 Å². The summed E-state index contributed by atoms with van der Waals surface area (Å²) in [5.41, 5.74) is -0.129. The van der Waals surface area contributed by atoms with Crippen LogP contribution in [0.2, 0.25) is 0 Å². The second kappa shape index (κ2) is 7.88. The third kappa shape index (κ3) is 4.44. The lowest BCUT2D eigenvalue weighted by molar-refractivity contribution is -0.137. The minimum Gasteiger partial charge on any atom is -0.481 e. The van der Waals surface area contributed by atoms with Crippen molar-refractivity contribution in [3.63, 3.8) is 0 Å². The van der Waals surface area contributed by atoms with E-state index in [1.807, 2.05) is 0 Å². The first-order valence-electron chi connectivity index (χ1n) is 9.52. The maximum Gasteiger partial charge on any atom is 0.303 e. The molecule has 154 valence electrons. The third-order valence-electron chi connectivity index (χ3n) is 5.21. The summed E-state index contributed by atoms with van der Waals surface area (Å²) in [7, 11) is 0. The molecule has 0 amide bonds. The molecule has 0 spiro atoms. The van der Waals surface area contributed by atoms with Crippen molar-refractivity contribution in [3.8, 4) is 17.3 Å². The molecule has 4 rings (SSSR count). The molecule has 2 fully saturated rings. The molecule has 1 aromatic carbocycles. The van der Waals surface area contributed by atoms with Gasteiger partial charge in [-0.3, -0.25) is 4.79 Å². The number of carboxylic acids is 1. The molecule has 1 aliphatic heterocycles. The number of nitrogens with zero attached hydrogens (tertiary/aromatic N) is 3. The molecule has 1 saturated carbocycles. The molecule has 2 aliphatic rings. The summed E-state index contributed by atoms with van der Waals surface area (Å²) < 4.78 is 48.7. The summed E-state index contributed by atoms with van der Waals surface area (Å²) in [5, 5.41) is 8.90. The highest BCUT2D eigenvalue weighted by Crippen LogP contribution is 2.34. The first-order chi connectivity index (χ1) is 13.9. The minimum atomic E-state index is -0.929. The molecule has 1 unspecified atom stereocenters. The first-order valence-corrected chi connectivity index (χ1v) is 9.52. The molecule has 1 aromatic heterocycles.